The number of carbonyl (C=O) groups excluding carboxylic acids is 2. The van der Waals surface area contributed by atoms with Gasteiger partial charge < -0.3 is 10.2 Å². The quantitative estimate of drug-likeness (QED) is 0.638. The minimum Gasteiger partial charge on any atom is -0.301 e. The summed E-state index contributed by atoms with van der Waals surface area (Å²) in [7, 11) is 0. The average Bonchev–Trinajstić information content (AvgIpc) is 3.10. The van der Waals surface area contributed by atoms with E-state index in [-0.39, 0.29) is 18.4 Å². The van der Waals surface area contributed by atoms with Gasteiger partial charge in [0.1, 0.15) is 6.54 Å². The Kier molecular flexibility index (Phi) is 5.64. The van der Waals surface area contributed by atoms with Gasteiger partial charge in [0.05, 0.1) is 21.7 Å². The first kappa shape index (κ1) is 19.0. The van der Waals surface area contributed by atoms with Crippen LogP contribution in [0.25, 0.3) is 10.2 Å². The second-order valence-electron chi connectivity index (χ2n) is 6.71. The van der Waals surface area contributed by atoms with Gasteiger partial charge in [-0.05, 0) is 42.7 Å². The van der Waals surface area contributed by atoms with Gasteiger partial charge in [-0.1, -0.05) is 42.9 Å². The maximum Gasteiger partial charge on any atom is 0.246 e. The number of thiazole rings is 1. The topological polar surface area (TPSA) is 62.3 Å². The van der Waals surface area contributed by atoms with Gasteiger partial charge in [0.2, 0.25) is 11.8 Å². The van der Waals surface area contributed by atoms with E-state index in [4.69, 9.17) is 0 Å². The van der Waals surface area contributed by atoms with Crippen molar-refractivity contribution in [3.8, 4) is 0 Å². The van der Waals surface area contributed by atoms with Crippen LogP contribution in [0.3, 0.4) is 0 Å². The van der Waals surface area contributed by atoms with Gasteiger partial charge in [0, 0.05) is 4.90 Å². The third kappa shape index (κ3) is 4.05. The van der Waals surface area contributed by atoms with E-state index in [1.807, 2.05) is 30.3 Å². The first-order valence-electron chi connectivity index (χ1n) is 9.35. The maximum atomic E-state index is 12.6. The number of anilines is 2. The summed E-state index contributed by atoms with van der Waals surface area (Å²) in [5.74, 6) is 0.0652. The zero-order valence-corrected chi connectivity index (χ0v) is 17.2. The number of nitrogens with zero attached hydrogens (tertiary/aromatic N) is 2. The number of thioether (sulfide) groups is 1. The number of rotatable bonds is 6. The summed E-state index contributed by atoms with van der Waals surface area (Å²) in [6, 6.07) is 13.9. The van der Waals surface area contributed by atoms with Gasteiger partial charge in [0.25, 0.3) is 0 Å². The van der Waals surface area contributed by atoms with Gasteiger partial charge in [-0.3, -0.25) is 9.59 Å². The largest absolute Gasteiger partial charge is 0.301 e. The molecule has 0 atom stereocenters. The Morgan fingerprint density at radius 3 is 2.96 bits per heavy atom. The van der Waals surface area contributed by atoms with Crippen molar-refractivity contribution in [3.05, 3.63) is 48.0 Å². The molecule has 0 fully saturated rings. The Balaban J connectivity index is 1.47. The number of para-hydroxylation sites is 1. The minimum atomic E-state index is -0.236. The van der Waals surface area contributed by atoms with Crippen molar-refractivity contribution in [2.24, 2.45) is 0 Å². The summed E-state index contributed by atoms with van der Waals surface area (Å²) in [5, 5.41) is 3.43. The molecule has 2 heterocycles. The van der Waals surface area contributed by atoms with Crippen LogP contribution < -0.4 is 10.2 Å². The fourth-order valence-electron chi connectivity index (χ4n) is 3.19. The zero-order chi connectivity index (χ0) is 19.5. The molecule has 3 aromatic rings. The summed E-state index contributed by atoms with van der Waals surface area (Å²) < 4.78 is 1.07. The maximum absolute atomic E-state index is 12.6. The first-order chi connectivity index (χ1) is 13.6. The molecule has 28 heavy (non-hydrogen) atoms. The van der Waals surface area contributed by atoms with E-state index < -0.39 is 0 Å². The molecular weight excluding hydrogens is 390 g/mol. The van der Waals surface area contributed by atoms with Crippen LogP contribution in [0.2, 0.25) is 0 Å². The number of hydrogen-bond acceptors (Lipinski definition) is 5. The smallest absolute Gasteiger partial charge is 0.246 e. The minimum absolute atomic E-state index is 0.00587. The van der Waals surface area contributed by atoms with Gasteiger partial charge >= 0.3 is 0 Å². The van der Waals surface area contributed by atoms with Crippen molar-refractivity contribution in [2.75, 3.05) is 22.5 Å². The average molecular weight is 412 g/mol. The molecule has 144 valence electrons. The summed E-state index contributed by atoms with van der Waals surface area (Å²) >= 11 is 2.98. The molecule has 7 heteroatoms. The fraction of sp³-hybridized carbons (Fsp3) is 0.286. The number of carbonyl (C=O) groups is 2. The van der Waals surface area contributed by atoms with E-state index in [0.29, 0.717) is 10.9 Å². The Hall–Kier alpha value is -2.38. The molecule has 2 amide bonds. The van der Waals surface area contributed by atoms with E-state index in [1.54, 1.807) is 4.90 Å². The number of unbranched alkanes of at least 4 members (excludes halogenated alkanes) is 1. The number of amides is 2. The SMILES string of the molecule is CCCCc1ccc2nc(NC(=O)CN3C(=O)CSc4ccccc43)sc2c1. The van der Waals surface area contributed by atoms with E-state index in [0.717, 1.165) is 33.6 Å². The molecule has 1 aliphatic rings. The second-order valence-corrected chi connectivity index (χ2v) is 8.76. The molecule has 0 radical (unpaired) electrons. The highest BCUT2D eigenvalue weighted by atomic mass is 32.2. The number of nitrogens with one attached hydrogen (secondary N) is 1. The number of fused-ring (bicyclic) bond motifs is 2. The predicted molar refractivity (Wildman–Crippen MR) is 116 cm³/mol. The number of hydrogen-bond donors (Lipinski definition) is 1. The Morgan fingerprint density at radius 2 is 2.11 bits per heavy atom. The van der Waals surface area contributed by atoms with Crippen LogP contribution in [-0.2, 0) is 16.0 Å². The van der Waals surface area contributed by atoms with Crippen molar-refractivity contribution in [1.29, 1.82) is 0 Å². The Labute approximate surface area is 172 Å². The lowest BCUT2D eigenvalue weighted by Gasteiger charge is -2.28. The molecule has 0 saturated carbocycles. The van der Waals surface area contributed by atoms with Crippen molar-refractivity contribution in [2.45, 2.75) is 31.1 Å². The van der Waals surface area contributed by atoms with Gasteiger partial charge in [-0.2, -0.15) is 0 Å². The van der Waals surface area contributed by atoms with Crippen LogP contribution in [0.5, 0.6) is 0 Å². The lowest BCUT2D eigenvalue weighted by Crippen LogP contribution is -2.41. The van der Waals surface area contributed by atoms with Gasteiger partial charge in [-0.25, -0.2) is 4.98 Å². The van der Waals surface area contributed by atoms with E-state index in [1.165, 1.54) is 35.1 Å². The molecule has 5 nitrogen and oxygen atoms in total. The Morgan fingerprint density at radius 1 is 1.25 bits per heavy atom. The molecule has 1 N–H and O–H groups in total. The highest BCUT2D eigenvalue weighted by molar-refractivity contribution is 8.00. The zero-order valence-electron chi connectivity index (χ0n) is 15.6. The highest BCUT2D eigenvalue weighted by Crippen LogP contribution is 2.35. The fourth-order valence-corrected chi connectivity index (χ4v) is 5.07. The van der Waals surface area contributed by atoms with Crippen LogP contribution >= 0.6 is 23.1 Å². The lowest BCUT2D eigenvalue weighted by molar-refractivity contribution is -0.120. The second kappa shape index (κ2) is 8.32. The summed E-state index contributed by atoms with van der Waals surface area (Å²) in [6.07, 6.45) is 3.39. The van der Waals surface area contributed by atoms with Crippen LogP contribution in [0.15, 0.2) is 47.4 Å². The van der Waals surface area contributed by atoms with Crippen LogP contribution in [0.4, 0.5) is 10.8 Å². The number of aromatic nitrogens is 1. The van der Waals surface area contributed by atoms with E-state index >= 15 is 0 Å². The third-order valence-corrected chi connectivity index (χ3v) is 6.61. The van der Waals surface area contributed by atoms with E-state index in [9.17, 15) is 9.59 Å². The van der Waals surface area contributed by atoms with Crippen molar-refractivity contribution in [3.63, 3.8) is 0 Å². The normalized spacial score (nSPS) is 13.6. The van der Waals surface area contributed by atoms with Crippen molar-refractivity contribution < 1.29 is 9.59 Å². The summed E-state index contributed by atoms with van der Waals surface area (Å²) in [6.45, 7) is 2.18. The first-order valence-corrected chi connectivity index (χ1v) is 11.2. The summed E-state index contributed by atoms with van der Waals surface area (Å²) in [5.41, 5.74) is 2.98. The van der Waals surface area contributed by atoms with E-state index in [2.05, 4.69) is 29.4 Å². The van der Waals surface area contributed by atoms with Crippen LogP contribution in [-0.4, -0.2) is 29.1 Å². The molecule has 0 bridgehead atoms. The molecule has 0 aliphatic carbocycles. The van der Waals surface area contributed by atoms with Crippen molar-refractivity contribution in [1.82, 2.24) is 4.98 Å². The molecule has 1 aliphatic heterocycles. The molecular formula is C21H21N3O2S2. The van der Waals surface area contributed by atoms with Crippen molar-refractivity contribution >= 4 is 55.9 Å². The van der Waals surface area contributed by atoms with Gasteiger partial charge in [0.15, 0.2) is 5.13 Å². The molecule has 0 saturated heterocycles. The number of aryl methyl sites for hydroxylation is 1. The number of benzene rings is 2. The Bertz CT molecular complexity index is 1030. The summed E-state index contributed by atoms with van der Waals surface area (Å²) in [4.78, 5) is 32.0. The third-order valence-electron chi connectivity index (χ3n) is 4.63. The molecule has 1 aromatic heterocycles. The standard InChI is InChI=1S/C21H21N3O2S2/c1-2-3-6-14-9-10-15-18(11-14)28-21(22-15)23-19(25)12-24-16-7-4-5-8-17(16)27-13-20(24)26/h4-5,7-11H,2-3,6,12-13H2,1H3,(H,22,23,25). The molecule has 0 spiro atoms. The predicted octanol–water partition coefficient (Wildman–Crippen LogP) is 4.72. The van der Waals surface area contributed by atoms with Crippen LogP contribution in [0.1, 0.15) is 25.3 Å². The molecule has 2 aromatic carbocycles. The lowest BCUT2D eigenvalue weighted by atomic mass is 10.1. The van der Waals surface area contributed by atoms with Crippen LogP contribution in [0, 0.1) is 0 Å². The molecule has 0 unspecified atom stereocenters. The monoisotopic (exact) mass is 411 g/mol. The molecule has 4 rings (SSSR count). The highest BCUT2D eigenvalue weighted by Gasteiger charge is 2.26. The van der Waals surface area contributed by atoms with Gasteiger partial charge in [-0.15, -0.1) is 11.8 Å².